The van der Waals surface area contributed by atoms with Crippen LogP contribution < -0.4 is 20.7 Å². The summed E-state index contributed by atoms with van der Waals surface area (Å²) in [6, 6.07) is 8.09. The Hall–Kier alpha value is -3.86. The van der Waals surface area contributed by atoms with E-state index in [1.54, 1.807) is 31.4 Å². The number of nitrogens with one attached hydrogen (secondary N) is 3. The van der Waals surface area contributed by atoms with Gasteiger partial charge in [0.05, 0.1) is 11.1 Å². The van der Waals surface area contributed by atoms with E-state index in [9.17, 15) is 14.4 Å². The first-order valence-electron chi connectivity index (χ1n) is 11.7. The minimum absolute atomic E-state index is 0.0853. The highest BCUT2D eigenvalue weighted by molar-refractivity contribution is 9.10. The standard InChI is InChI=1S/C26H25BrFN5O4/c1-3-4-20(34)16-7-8-18(28)23(24(16)37-25(35)14-5-9-21(29-2)30-12-14)17-11-19(17)32-26(36)33-22-10-6-15(27)13-31-22/h5-10,12-13,17,19H,3-4,11H2,1-2H3,(H,29,30)(H2,31,32,33,36)/t17-,19+/m0/s1. The summed E-state index contributed by atoms with van der Waals surface area (Å²) in [5, 5.41) is 8.26. The Bertz CT molecular complexity index is 1320. The number of halogens is 2. The number of benzene rings is 1. The van der Waals surface area contributed by atoms with E-state index in [0.29, 0.717) is 24.5 Å². The fraction of sp³-hybridized carbons (Fsp3) is 0.269. The van der Waals surface area contributed by atoms with Gasteiger partial charge >= 0.3 is 12.0 Å². The number of Topliss-reactive ketones (excluding diaryl/α,β-unsaturated/α-hetero) is 1. The Kier molecular flexibility index (Phi) is 8.12. The van der Waals surface area contributed by atoms with Gasteiger partial charge in [-0.1, -0.05) is 6.92 Å². The number of hydrogen-bond acceptors (Lipinski definition) is 7. The van der Waals surface area contributed by atoms with Gasteiger partial charge in [-0.3, -0.25) is 10.1 Å². The molecule has 3 aromatic rings. The Morgan fingerprint density at radius 1 is 1.08 bits per heavy atom. The van der Waals surface area contributed by atoms with Crippen LogP contribution in [-0.4, -0.2) is 40.8 Å². The number of aromatic nitrogens is 2. The van der Waals surface area contributed by atoms with Gasteiger partial charge in [0.25, 0.3) is 0 Å². The van der Waals surface area contributed by atoms with Crippen LogP contribution >= 0.6 is 15.9 Å². The number of carbonyl (C=O) groups excluding carboxylic acids is 3. The van der Waals surface area contributed by atoms with Gasteiger partial charge in [0, 0.05) is 47.9 Å². The number of ether oxygens (including phenoxy) is 1. The molecule has 192 valence electrons. The number of pyridine rings is 2. The minimum atomic E-state index is -0.767. The first kappa shape index (κ1) is 26.2. The van der Waals surface area contributed by atoms with Gasteiger partial charge in [0.1, 0.15) is 23.2 Å². The second kappa shape index (κ2) is 11.5. The molecule has 0 unspecified atom stereocenters. The normalized spacial score (nSPS) is 16.0. The number of ketones is 1. The molecule has 0 aliphatic heterocycles. The van der Waals surface area contributed by atoms with Crippen molar-refractivity contribution in [3.8, 4) is 5.75 Å². The molecule has 0 spiro atoms. The Balaban J connectivity index is 1.57. The molecule has 9 nitrogen and oxygen atoms in total. The van der Waals surface area contributed by atoms with E-state index in [-0.39, 0.29) is 34.6 Å². The molecule has 2 aromatic heterocycles. The highest BCUT2D eigenvalue weighted by Gasteiger charge is 2.44. The summed E-state index contributed by atoms with van der Waals surface area (Å²) in [7, 11) is 1.70. The van der Waals surface area contributed by atoms with E-state index in [1.807, 2.05) is 6.92 Å². The number of urea groups is 1. The maximum atomic E-state index is 15.2. The molecule has 1 aliphatic carbocycles. The predicted octanol–water partition coefficient (Wildman–Crippen LogP) is 5.30. The number of esters is 1. The van der Waals surface area contributed by atoms with Gasteiger partial charge in [0.2, 0.25) is 0 Å². The summed E-state index contributed by atoms with van der Waals surface area (Å²) in [5.41, 5.74) is 0.359. The van der Waals surface area contributed by atoms with Crippen molar-refractivity contribution in [2.24, 2.45) is 0 Å². The van der Waals surface area contributed by atoms with Crippen molar-refractivity contribution >= 4 is 45.3 Å². The number of carbonyl (C=O) groups is 3. The zero-order valence-electron chi connectivity index (χ0n) is 20.2. The lowest BCUT2D eigenvalue weighted by Crippen LogP contribution is -2.31. The number of anilines is 2. The summed E-state index contributed by atoms with van der Waals surface area (Å²) in [5.74, 6) is -1.34. The number of rotatable bonds is 9. The molecule has 2 amide bonds. The summed E-state index contributed by atoms with van der Waals surface area (Å²) in [4.78, 5) is 46.4. The van der Waals surface area contributed by atoms with Crippen LogP contribution in [0.2, 0.25) is 0 Å². The van der Waals surface area contributed by atoms with E-state index in [4.69, 9.17) is 4.74 Å². The lowest BCUT2D eigenvalue weighted by molar-refractivity contribution is 0.0729. The van der Waals surface area contributed by atoms with Crippen molar-refractivity contribution in [3.05, 3.63) is 75.8 Å². The van der Waals surface area contributed by atoms with Gasteiger partial charge in [-0.2, -0.15) is 0 Å². The van der Waals surface area contributed by atoms with Gasteiger partial charge < -0.3 is 15.4 Å². The van der Waals surface area contributed by atoms with Crippen LogP contribution in [0.25, 0.3) is 0 Å². The zero-order chi connectivity index (χ0) is 26.5. The molecule has 1 saturated carbocycles. The maximum Gasteiger partial charge on any atom is 0.345 e. The molecule has 37 heavy (non-hydrogen) atoms. The van der Waals surface area contributed by atoms with E-state index in [2.05, 4.69) is 41.8 Å². The third-order valence-electron chi connectivity index (χ3n) is 5.82. The predicted molar refractivity (Wildman–Crippen MR) is 140 cm³/mol. The van der Waals surface area contributed by atoms with Crippen molar-refractivity contribution in [1.82, 2.24) is 15.3 Å². The highest BCUT2D eigenvalue weighted by atomic mass is 79.9. The lowest BCUT2D eigenvalue weighted by atomic mass is 9.99. The molecule has 2 atom stereocenters. The molecule has 0 bridgehead atoms. The molecular formula is C26H25BrFN5O4. The SMILES string of the molecule is CCCC(=O)c1ccc(F)c([C@H]2C[C@H]2NC(=O)Nc2ccc(Br)cn2)c1OC(=O)c1ccc(NC)nc1. The van der Waals surface area contributed by atoms with Gasteiger partial charge in [-0.05, 0) is 65.2 Å². The molecular weight excluding hydrogens is 545 g/mol. The Morgan fingerprint density at radius 3 is 2.49 bits per heavy atom. The topological polar surface area (TPSA) is 122 Å². The average Bonchev–Trinajstić information content (AvgIpc) is 3.63. The zero-order valence-corrected chi connectivity index (χ0v) is 21.8. The third-order valence-corrected chi connectivity index (χ3v) is 6.29. The molecule has 1 aromatic carbocycles. The van der Waals surface area contributed by atoms with Crippen molar-refractivity contribution in [2.45, 2.75) is 38.1 Å². The first-order valence-corrected chi connectivity index (χ1v) is 12.5. The third kappa shape index (κ3) is 6.29. The van der Waals surface area contributed by atoms with Crippen molar-refractivity contribution < 1.29 is 23.5 Å². The monoisotopic (exact) mass is 569 g/mol. The fourth-order valence-corrected chi connectivity index (χ4v) is 4.11. The maximum absolute atomic E-state index is 15.2. The van der Waals surface area contributed by atoms with Crippen LogP contribution in [0.15, 0.2) is 53.3 Å². The Morgan fingerprint density at radius 2 is 1.84 bits per heavy atom. The van der Waals surface area contributed by atoms with Crippen LogP contribution in [0.3, 0.4) is 0 Å². The first-order chi connectivity index (χ1) is 17.8. The van der Waals surface area contributed by atoms with Crippen molar-refractivity contribution in [3.63, 3.8) is 0 Å². The van der Waals surface area contributed by atoms with Gasteiger partial charge in [-0.25, -0.2) is 23.9 Å². The summed E-state index contributed by atoms with van der Waals surface area (Å²) >= 11 is 3.28. The second-order valence-electron chi connectivity index (χ2n) is 8.49. The smallest absolute Gasteiger partial charge is 0.345 e. The molecule has 11 heteroatoms. The van der Waals surface area contributed by atoms with Crippen molar-refractivity contribution in [2.75, 3.05) is 17.7 Å². The van der Waals surface area contributed by atoms with Crippen LogP contribution in [0.5, 0.6) is 5.75 Å². The van der Waals surface area contributed by atoms with Crippen LogP contribution in [-0.2, 0) is 0 Å². The average molecular weight is 570 g/mol. The second-order valence-corrected chi connectivity index (χ2v) is 9.41. The fourth-order valence-electron chi connectivity index (χ4n) is 3.87. The van der Waals surface area contributed by atoms with Crippen LogP contribution in [0.1, 0.15) is 58.4 Å². The van der Waals surface area contributed by atoms with Crippen LogP contribution in [0.4, 0.5) is 20.8 Å². The molecule has 1 aliphatic rings. The number of amides is 2. The minimum Gasteiger partial charge on any atom is -0.422 e. The highest BCUT2D eigenvalue weighted by Crippen LogP contribution is 2.47. The van der Waals surface area contributed by atoms with Gasteiger partial charge in [0.15, 0.2) is 5.78 Å². The summed E-state index contributed by atoms with van der Waals surface area (Å²) in [6.45, 7) is 1.85. The van der Waals surface area contributed by atoms with E-state index >= 15 is 4.39 Å². The van der Waals surface area contributed by atoms with E-state index in [1.165, 1.54) is 24.4 Å². The molecule has 4 rings (SSSR count). The molecule has 0 saturated heterocycles. The number of hydrogen-bond donors (Lipinski definition) is 3. The number of nitrogens with zero attached hydrogens (tertiary/aromatic N) is 2. The molecule has 1 fully saturated rings. The largest absolute Gasteiger partial charge is 0.422 e. The molecule has 2 heterocycles. The quantitative estimate of drug-likeness (QED) is 0.181. The lowest BCUT2D eigenvalue weighted by Gasteiger charge is -2.16. The van der Waals surface area contributed by atoms with E-state index < -0.39 is 29.8 Å². The molecule has 0 radical (unpaired) electrons. The Labute approximate surface area is 221 Å². The van der Waals surface area contributed by atoms with Crippen molar-refractivity contribution in [1.29, 1.82) is 0 Å². The summed E-state index contributed by atoms with van der Waals surface area (Å²) < 4.78 is 21.6. The molecule has 3 N–H and O–H groups in total. The van der Waals surface area contributed by atoms with E-state index in [0.717, 1.165) is 4.47 Å². The van der Waals surface area contributed by atoms with Crippen LogP contribution in [0, 0.1) is 5.82 Å². The summed E-state index contributed by atoms with van der Waals surface area (Å²) in [6.07, 6.45) is 4.08. The van der Waals surface area contributed by atoms with Gasteiger partial charge in [-0.15, -0.1) is 0 Å².